The van der Waals surface area contributed by atoms with Gasteiger partial charge in [-0.25, -0.2) is 0 Å². The van der Waals surface area contributed by atoms with Gasteiger partial charge < -0.3 is 15.3 Å². The highest BCUT2D eigenvalue weighted by molar-refractivity contribution is 5.17. The van der Waals surface area contributed by atoms with Crippen LogP contribution in [0.15, 0.2) is 0 Å². The van der Waals surface area contributed by atoms with Crippen LogP contribution in [0, 0.1) is 46.3 Å². The maximum Gasteiger partial charge on any atom is 0.0985 e. The fourth-order valence-corrected chi connectivity index (χ4v) is 9.29. The van der Waals surface area contributed by atoms with Crippen LogP contribution in [0.25, 0.3) is 0 Å². The molecule has 0 heterocycles. The molecule has 30 heavy (non-hydrogen) atoms. The molecule has 3 N–H and O–H groups in total. The molecule has 0 spiro atoms. The SMILES string of the molecule is CC(C)CCC[C@H](C)[C@H]1CC[C@@H]2[C@@H]3C[C@@H](O)[C@@]4(O)C[C@@H](O)CC[C@]4(C)[C@H]3CC[C@@]21C. The Bertz CT molecular complexity index is 619. The van der Waals surface area contributed by atoms with E-state index in [1.54, 1.807) is 0 Å². The van der Waals surface area contributed by atoms with Crippen LogP contribution in [0.2, 0.25) is 0 Å². The number of hydrogen-bond donors (Lipinski definition) is 3. The molecule has 10 atom stereocenters. The normalized spacial score (nSPS) is 51.9. The number of hydrogen-bond acceptors (Lipinski definition) is 3. The molecule has 3 nitrogen and oxygen atoms in total. The Balaban J connectivity index is 1.53. The fraction of sp³-hybridized carbons (Fsp3) is 1.00. The number of aliphatic hydroxyl groups excluding tert-OH is 2. The van der Waals surface area contributed by atoms with E-state index in [1.165, 1.54) is 44.9 Å². The van der Waals surface area contributed by atoms with Crippen LogP contribution < -0.4 is 0 Å². The van der Waals surface area contributed by atoms with Crippen LogP contribution in [0.1, 0.15) is 105 Å². The third-order valence-corrected chi connectivity index (χ3v) is 11.0. The lowest BCUT2D eigenvalue weighted by Gasteiger charge is -2.65. The summed E-state index contributed by atoms with van der Waals surface area (Å²) in [6.07, 6.45) is 10.7. The molecule has 0 unspecified atom stereocenters. The van der Waals surface area contributed by atoms with Crippen molar-refractivity contribution in [2.24, 2.45) is 46.3 Å². The molecule has 3 heteroatoms. The van der Waals surface area contributed by atoms with Crippen molar-refractivity contribution in [3.8, 4) is 0 Å². The monoisotopic (exact) mass is 420 g/mol. The average Bonchev–Trinajstić information content (AvgIpc) is 3.01. The van der Waals surface area contributed by atoms with Gasteiger partial charge in [-0.05, 0) is 85.9 Å². The molecule has 0 radical (unpaired) electrons. The predicted molar refractivity (Wildman–Crippen MR) is 122 cm³/mol. The van der Waals surface area contributed by atoms with Crippen LogP contribution in [0.3, 0.4) is 0 Å². The van der Waals surface area contributed by atoms with Crippen molar-refractivity contribution in [1.82, 2.24) is 0 Å². The molecule has 0 aromatic carbocycles. The van der Waals surface area contributed by atoms with Crippen molar-refractivity contribution in [2.75, 3.05) is 0 Å². The fourth-order valence-electron chi connectivity index (χ4n) is 9.29. The van der Waals surface area contributed by atoms with Crippen molar-refractivity contribution in [1.29, 1.82) is 0 Å². The minimum absolute atomic E-state index is 0.253. The molecule has 0 aliphatic heterocycles. The Kier molecular flexibility index (Phi) is 6.17. The van der Waals surface area contributed by atoms with Crippen LogP contribution >= 0.6 is 0 Å². The first-order valence-corrected chi connectivity index (χ1v) is 13.1. The zero-order valence-electron chi connectivity index (χ0n) is 20.2. The summed E-state index contributed by atoms with van der Waals surface area (Å²) in [5, 5.41) is 33.0. The lowest BCUT2D eigenvalue weighted by Crippen LogP contribution is -2.68. The third kappa shape index (κ3) is 3.41. The summed E-state index contributed by atoms with van der Waals surface area (Å²) in [4.78, 5) is 0. The van der Waals surface area contributed by atoms with Crippen LogP contribution in [0.4, 0.5) is 0 Å². The van der Waals surface area contributed by atoms with E-state index in [9.17, 15) is 15.3 Å². The minimum Gasteiger partial charge on any atom is -0.393 e. The first-order chi connectivity index (χ1) is 14.0. The standard InChI is InChI=1S/C27H48O3/c1-17(2)7-6-8-18(3)21-9-10-22-20-15-24(29)27(30)16-19(28)11-14-26(27,5)23(20)12-13-25(21,22)4/h17-24,28-30H,6-16H2,1-5H3/t18-,19-,20-,21+,22+,23-,24+,25+,26+,27-/m0/s1. The maximum atomic E-state index is 11.6. The van der Waals surface area contributed by atoms with Gasteiger partial charge in [0.1, 0.15) is 0 Å². The van der Waals surface area contributed by atoms with Gasteiger partial charge in [0.25, 0.3) is 0 Å². The molecule has 4 fully saturated rings. The van der Waals surface area contributed by atoms with Crippen molar-refractivity contribution in [2.45, 2.75) is 123 Å². The van der Waals surface area contributed by atoms with Crippen LogP contribution in [-0.4, -0.2) is 33.1 Å². The van der Waals surface area contributed by atoms with Crippen LogP contribution in [-0.2, 0) is 0 Å². The topological polar surface area (TPSA) is 60.7 Å². The molecule has 174 valence electrons. The first-order valence-electron chi connectivity index (χ1n) is 13.1. The summed E-state index contributed by atoms with van der Waals surface area (Å²) in [6, 6.07) is 0. The second kappa shape index (κ2) is 8.03. The van der Waals surface area contributed by atoms with Gasteiger partial charge in [-0.2, -0.15) is 0 Å². The molecule has 0 amide bonds. The minimum atomic E-state index is -1.11. The molecule has 0 bridgehead atoms. The van der Waals surface area contributed by atoms with Gasteiger partial charge in [-0.3, -0.25) is 0 Å². The van der Waals surface area contributed by atoms with Gasteiger partial charge in [-0.15, -0.1) is 0 Å². The van der Waals surface area contributed by atoms with Gasteiger partial charge in [0.2, 0.25) is 0 Å². The molecule has 4 aliphatic rings. The Morgan fingerprint density at radius 1 is 0.900 bits per heavy atom. The third-order valence-electron chi connectivity index (χ3n) is 11.0. The van der Waals surface area contributed by atoms with Gasteiger partial charge in [0, 0.05) is 11.8 Å². The van der Waals surface area contributed by atoms with E-state index in [0.29, 0.717) is 29.6 Å². The smallest absolute Gasteiger partial charge is 0.0985 e. The first kappa shape index (κ1) is 23.1. The van der Waals surface area contributed by atoms with E-state index in [-0.39, 0.29) is 5.41 Å². The van der Waals surface area contributed by atoms with E-state index < -0.39 is 17.8 Å². The summed E-state index contributed by atoms with van der Waals surface area (Å²) < 4.78 is 0. The second-order valence-electron chi connectivity index (χ2n) is 12.9. The summed E-state index contributed by atoms with van der Waals surface area (Å²) in [6.45, 7) is 12.0. The molecular weight excluding hydrogens is 372 g/mol. The predicted octanol–water partition coefficient (Wildman–Crippen LogP) is 5.55. The molecule has 4 aliphatic carbocycles. The van der Waals surface area contributed by atoms with E-state index in [1.807, 2.05) is 0 Å². The Labute approximate surface area is 185 Å². The van der Waals surface area contributed by atoms with Crippen molar-refractivity contribution in [3.05, 3.63) is 0 Å². The molecule has 0 aromatic rings. The summed E-state index contributed by atoms with van der Waals surface area (Å²) >= 11 is 0. The van der Waals surface area contributed by atoms with Gasteiger partial charge in [-0.1, -0.05) is 53.9 Å². The van der Waals surface area contributed by atoms with E-state index in [2.05, 4.69) is 34.6 Å². The highest BCUT2D eigenvalue weighted by atomic mass is 16.3. The van der Waals surface area contributed by atoms with E-state index in [0.717, 1.165) is 37.0 Å². The van der Waals surface area contributed by atoms with Crippen molar-refractivity contribution >= 4 is 0 Å². The lowest BCUT2D eigenvalue weighted by molar-refractivity contribution is -0.264. The Morgan fingerprint density at radius 3 is 2.33 bits per heavy atom. The Morgan fingerprint density at radius 2 is 1.63 bits per heavy atom. The lowest BCUT2D eigenvalue weighted by atomic mass is 9.42. The number of aliphatic hydroxyl groups is 3. The average molecular weight is 421 g/mol. The zero-order valence-corrected chi connectivity index (χ0v) is 20.2. The van der Waals surface area contributed by atoms with Crippen molar-refractivity contribution < 1.29 is 15.3 Å². The highest BCUT2D eigenvalue weighted by Gasteiger charge is 2.67. The number of fused-ring (bicyclic) bond motifs is 5. The van der Waals surface area contributed by atoms with Gasteiger partial charge >= 0.3 is 0 Å². The molecular formula is C27H48O3. The summed E-state index contributed by atoms with van der Waals surface area (Å²) in [5.41, 5.74) is -0.962. The molecule has 0 aromatic heterocycles. The maximum absolute atomic E-state index is 11.6. The van der Waals surface area contributed by atoms with Gasteiger partial charge in [0.05, 0.1) is 17.8 Å². The van der Waals surface area contributed by atoms with Gasteiger partial charge in [0.15, 0.2) is 0 Å². The largest absolute Gasteiger partial charge is 0.393 e. The Hall–Kier alpha value is -0.120. The summed E-state index contributed by atoms with van der Waals surface area (Å²) in [5.74, 6) is 4.13. The van der Waals surface area contributed by atoms with Crippen LogP contribution in [0.5, 0.6) is 0 Å². The molecule has 0 saturated heterocycles. The number of rotatable bonds is 5. The molecule has 4 saturated carbocycles. The van der Waals surface area contributed by atoms with E-state index in [4.69, 9.17) is 0 Å². The zero-order chi connectivity index (χ0) is 21.9. The highest BCUT2D eigenvalue weighted by Crippen LogP contribution is 2.69. The summed E-state index contributed by atoms with van der Waals surface area (Å²) in [7, 11) is 0. The quantitative estimate of drug-likeness (QED) is 0.546. The van der Waals surface area contributed by atoms with Crippen molar-refractivity contribution in [3.63, 3.8) is 0 Å². The molecule has 4 rings (SSSR count). The second-order valence-corrected chi connectivity index (χ2v) is 12.9. The van der Waals surface area contributed by atoms with E-state index >= 15 is 0 Å².